The summed E-state index contributed by atoms with van der Waals surface area (Å²) in [4.78, 5) is 30.1. The Hall–Kier alpha value is -1.65. The monoisotopic (exact) mass is 252 g/mol. The molecule has 1 heterocycles. The van der Waals surface area contributed by atoms with Crippen LogP contribution < -0.4 is 5.56 Å². The summed E-state index contributed by atoms with van der Waals surface area (Å²) < 4.78 is 5.19. The Kier molecular flexibility index (Phi) is 4.27. The molecule has 0 saturated carbocycles. The highest BCUT2D eigenvalue weighted by molar-refractivity contribution is 5.70. The van der Waals surface area contributed by atoms with E-state index in [1.807, 2.05) is 20.8 Å². The van der Waals surface area contributed by atoms with Crippen molar-refractivity contribution in [3.8, 4) is 0 Å². The fraction of sp³-hybridized carbons (Fsp3) is 0.615. The third-order valence-electron chi connectivity index (χ3n) is 2.34. The number of H-pyrrole nitrogens is 1. The lowest BCUT2D eigenvalue weighted by atomic mass is 10.1. The first-order chi connectivity index (χ1) is 8.19. The molecule has 0 aliphatic rings. The van der Waals surface area contributed by atoms with Crippen molar-refractivity contribution in [1.82, 2.24) is 9.97 Å². The van der Waals surface area contributed by atoms with E-state index < -0.39 is 5.60 Å². The highest BCUT2D eigenvalue weighted by atomic mass is 16.6. The van der Waals surface area contributed by atoms with Gasteiger partial charge in [0.25, 0.3) is 5.56 Å². The minimum atomic E-state index is -0.496. The number of ether oxygens (including phenoxy) is 1. The van der Waals surface area contributed by atoms with E-state index in [1.165, 1.54) is 0 Å². The molecule has 0 amide bonds. The van der Waals surface area contributed by atoms with Crippen molar-refractivity contribution >= 4 is 5.97 Å². The molecular weight excluding hydrogens is 232 g/mol. The largest absolute Gasteiger partial charge is 0.460 e. The van der Waals surface area contributed by atoms with Gasteiger partial charge in [-0.1, -0.05) is 0 Å². The Bertz CT molecular complexity index is 498. The average molecular weight is 252 g/mol. The highest BCUT2D eigenvalue weighted by Crippen LogP contribution is 2.10. The van der Waals surface area contributed by atoms with Gasteiger partial charge in [0.2, 0.25) is 0 Å². The van der Waals surface area contributed by atoms with Gasteiger partial charge in [-0.3, -0.25) is 9.59 Å². The standard InChI is InChI=1S/C13H20N2O3/c1-8-10(12(17)15-9(2)14-8)6-7-11(16)18-13(3,4)5/h6-7H2,1-5H3,(H,14,15,17). The lowest BCUT2D eigenvalue weighted by Gasteiger charge is -2.19. The predicted molar refractivity (Wildman–Crippen MR) is 68.5 cm³/mol. The van der Waals surface area contributed by atoms with Gasteiger partial charge in [0.1, 0.15) is 11.4 Å². The van der Waals surface area contributed by atoms with Crippen LogP contribution in [0.3, 0.4) is 0 Å². The van der Waals surface area contributed by atoms with Gasteiger partial charge in [-0.05, 0) is 41.0 Å². The van der Waals surface area contributed by atoms with Crippen LogP contribution in [0.15, 0.2) is 4.79 Å². The van der Waals surface area contributed by atoms with Crippen LogP contribution in [0.4, 0.5) is 0 Å². The number of carbonyl (C=O) groups is 1. The fourth-order valence-electron chi connectivity index (χ4n) is 1.67. The van der Waals surface area contributed by atoms with Gasteiger partial charge in [0.05, 0.1) is 0 Å². The Labute approximate surface area is 107 Å². The predicted octanol–water partition coefficient (Wildman–Crippen LogP) is 1.66. The molecule has 1 N–H and O–H groups in total. The molecule has 0 aliphatic carbocycles. The molecule has 0 aliphatic heterocycles. The first-order valence-electron chi connectivity index (χ1n) is 5.97. The van der Waals surface area contributed by atoms with Gasteiger partial charge in [-0.15, -0.1) is 0 Å². The number of hydrogen-bond donors (Lipinski definition) is 1. The summed E-state index contributed by atoms with van der Waals surface area (Å²) in [5.74, 6) is 0.278. The van der Waals surface area contributed by atoms with Gasteiger partial charge in [0, 0.05) is 17.7 Å². The molecule has 0 unspecified atom stereocenters. The highest BCUT2D eigenvalue weighted by Gasteiger charge is 2.17. The smallest absolute Gasteiger partial charge is 0.306 e. The fourth-order valence-corrected chi connectivity index (χ4v) is 1.67. The molecular formula is C13H20N2O3. The van der Waals surface area contributed by atoms with E-state index in [0.29, 0.717) is 23.5 Å². The summed E-state index contributed by atoms with van der Waals surface area (Å²) in [6.45, 7) is 8.95. The van der Waals surface area contributed by atoms with E-state index in [-0.39, 0.29) is 17.9 Å². The molecule has 0 saturated heterocycles. The summed E-state index contributed by atoms with van der Waals surface area (Å²) in [5.41, 5.74) is 0.541. The number of aromatic nitrogens is 2. The van der Waals surface area contributed by atoms with Crippen molar-refractivity contribution in [3.63, 3.8) is 0 Å². The lowest BCUT2D eigenvalue weighted by Crippen LogP contribution is -2.25. The summed E-state index contributed by atoms with van der Waals surface area (Å²) in [7, 11) is 0. The second-order valence-corrected chi connectivity index (χ2v) is 5.30. The molecule has 1 rings (SSSR count). The van der Waals surface area contributed by atoms with E-state index in [1.54, 1.807) is 13.8 Å². The molecule has 0 spiro atoms. The molecule has 0 fully saturated rings. The van der Waals surface area contributed by atoms with E-state index in [2.05, 4.69) is 9.97 Å². The summed E-state index contributed by atoms with van der Waals surface area (Å²) in [6, 6.07) is 0. The van der Waals surface area contributed by atoms with Crippen LogP contribution >= 0.6 is 0 Å². The van der Waals surface area contributed by atoms with E-state index >= 15 is 0 Å². The van der Waals surface area contributed by atoms with Gasteiger partial charge in [-0.2, -0.15) is 0 Å². The Balaban J connectivity index is 2.70. The molecule has 100 valence electrons. The van der Waals surface area contributed by atoms with Crippen LogP contribution in [0.5, 0.6) is 0 Å². The number of aryl methyl sites for hydroxylation is 2. The Morgan fingerprint density at radius 3 is 2.44 bits per heavy atom. The number of hydrogen-bond acceptors (Lipinski definition) is 4. The summed E-state index contributed by atoms with van der Waals surface area (Å²) in [6.07, 6.45) is 0.537. The second-order valence-electron chi connectivity index (χ2n) is 5.30. The second kappa shape index (κ2) is 5.33. The number of esters is 1. The van der Waals surface area contributed by atoms with Crippen LogP contribution in [0.2, 0.25) is 0 Å². The molecule has 0 bridgehead atoms. The van der Waals surface area contributed by atoms with E-state index in [0.717, 1.165) is 0 Å². The molecule has 1 aromatic rings. The molecule has 1 aromatic heterocycles. The topological polar surface area (TPSA) is 72.0 Å². The van der Waals surface area contributed by atoms with E-state index in [9.17, 15) is 9.59 Å². The van der Waals surface area contributed by atoms with E-state index in [4.69, 9.17) is 4.74 Å². The van der Waals surface area contributed by atoms with Gasteiger partial charge in [0.15, 0.2) is 0 Å². The van der Waals surface area contributed by atoms with Gasteiger partial charge in [-0.25, -0.2) is 4.98 Å². The lowest BCUT2D eigenvalue weighted by molar-refractivity contribution is -0.154. The van der Waals surface area contributed by atoms with Crippen molar-refractivity contribution in [1.29, 1.82) is 0 Å². The van der Waals surface area contributed by atoms with Crippen LogP contribution in [0.1, 0.15) is 44.3 Å². The maximum atomic E-state index is 11.7. The Morgan fingerprint density at radius 2 is 1.94 bits per heavy atom. The number of rotatable bonds is 3. The average Bonchev–Trinajstić information content (AvgIpc) is 2.12. The number of nitrogens with one attached hydrogen (secondary N) is 1. The van der Waals surface area contributed by atoms with Crippen LogP contribution in [-0.4, -0.2) is 21.5 Å². The summed E-state index contributed by atoms with van der Waals surface area (Å²) in [5, 5.41) is 0. The number of nitrogens with zero attached hydrogens (tertiary/aromatic N) is 1. The maximum Gasteiger partial charge on any atom is 0.306 e. The maximum absolute atomic E-state index is 11.7. The van der Waals surface area contributed by atoms with Crippen molar-refractivity contribution in [3.05, 3.63) is 27.4 Å². The van der Waals surface area contributed by atoms with Crippen molar-refractivity contribution in [2.45, 2.75) is 53.1 Å². The van der Waals surface area contributed by atoms with Crippen LogP contribution in [0, 0.1) is 13.8 Å². The van der Waals surface area contributed by atoms with Crippen molar-refractivity contribution < 1.29 is 9.53 Å². The Morgan fingerprint density at radius 1 is 1.33 bits per heavy atom. The van der Waals surface area contributed by atoms with Crippen molar-refractivity contribution in [2.24, 2.45) is 0 Å². The van der Waals surface area contributed by atoms with Crippen LogP contribution in [0.25, 0.3) is 0 Å². The number of carbonyl (C=O) groups excluding carboxylic acids is 1. The quantitative estimate of drug-likeness (QED) is 0.830. The van der Waals surface area contributed by atoms with Crippen molar-refractivity contribution in [2.75, 3.05) is 0 Å². The molecule has 5 heteroatoms. The molecule has 0 atom stereocenters. The minimum Gasteiger partial charge on any atom is -0.460 e. The number of aromatic amines is 1. The zero-order chi connectivity index (χ0) is 13.9. The van der Waals surface area contributed by atoms with Crippen LogP contribution in [-0.2, 0) is 16.0 Å². The minimum absolute atomic E-state index is 0.177. The summed E-state index contributed by atoms with van der Waals surface area (Å²) >= 11 is 0. The zero-order valence-electron chi connectivity index (χ0n) is 11.6. The third kappa shape index (κ3) is 4.31. The van der Waals surface area contributed by atoms with Gasteiger partial charge < -0.3 is 9.72 Å². The SMILES string of the molecule is Cc1nc(C)c(CCC(=O)OC(C)(C)C)c(=O)[nH]1. The molecule has 0 radical (unpaired) electrons. The normalized spacial score (nSPS) is 11.4. The first kappa shape index (κ1) is 14.4. The third-order valence-corrected chi connectivity index (χ3v) is 2.34. The molecule has 5 nitrogen and oxygen atoms in total. The first-order valence-corrected chi connectivity index (χ1v) is 5.97. The van der Waals surface area contributed by atoms with Gasteiger partial charge >= 0.3 is 5.97 Å². The zero-order valence-corrected chi connectivity index (χ0v) is 11.6. The molecule has 18 heavy (non-hydrogen) atoms. The molecule has 0 aromatic carbocycles.